The summed E-state index contributed by atoms with van der Waals surface area (Å²) < 4.78 is 2.00. The number of hydrogen-bond acceptors (Lipinski definition) is 5. The zero-order chi connectivity index (χ0) is 12.1. The molecule has 0 aromatic carbocycles. The third kappa shape index (κ3) is 3.32. The molecular formula is C11H12N4S2. The van der Waals surface area contributed by atoms with Gasteiger partial charge in [-0.15, -0.1) is 21.5 Å². The molecule has 0 spiro atoms. The van der Waals surface area contributed by atoms with Crippen molar-refractivity contribution in [1.82, 2.24) is 14.8 Å². The summed E-state index contributed by atoms with van der Waals surface area (Å²) in [6.45, 7) is 2.72. The van der Waals surface area contributed by atoms with Gasteiger partial charge in [0.05, 0.1) is 11.3 Å². The van der Waals surface area contributed by atoms with Crippen molar-refractivity contribution in [2.24, 2.45) is 0 Å². The quantitative estimate of drug-likeness (QED) is 0.779. The van der Waals surface area contributed by atoms with Crippen LogP contribution in [0, 0.1) is 11.3 Å². The van der Waals surface area contributed by atoms with Crippen LogP contribution in [0.4, 0.5) is 0 Å². The Morgan fingerprint density at radius 3 is 3.24 bits per heavy atom. The lowest BCUT2D eigenvalue weighted by molar-refractivity contribution is 0.637. The molecule has 1 atom stereocenters. The standard InChI is InChI=1S/C11H12N4S2/c1-9(7-12)17-11-14-13-8-15(11)5-4-10-3-2-6-16-10/h2-3,6,8-9H,4-5H2,1H3/t9-/m1/s1. The van der Waals surface area contributed by atoms with Gasteiger partial charge in [-0.05, 0) is 24.8 Å². The minimum atomic E-state index is -0.0975. The highest BCUT2D eigenvalue weighted by atomic mass is 32.2. The summed E-state index contributed by atoms with van der Waals surface area (Å²) in [5.41, 5.74) is 0. The van der Waals surface area contributed by atoms with Gasteiger partial charge in [0.15, 0.2) is 5.16 Å². The predicted octanol–water partition coefficient (Wildman–Crippen LogP) is 2.59. The van der Waals surface area contributed by atoms with Gasteiger partial charge in [0.2, 0.25) is 0 Å². The third-order valence-electron chi connectivity index (χ3n) is 2.22. The number of nitrogens with zero attached hydrogens (tertiary/aromatic N) is 4. The van der Waals surface area contributed by atoms with Gasteiger partial charge >= 0.3 is 0 Å². The van der Waals surface area contributed by atoms with Crippen LogP contribution in [0.15, 0.2) is 29.0 Å². The molecule has 0 aliphatic rings. The van der Waals surface area contributed by atoms with E-state index in [9.17, 15) is 0 Å². The molecule has 0 bridgehead atoms. The van der Waals surface area contributed by atoms with Crippen molar-refractivity contribution in [2.45, 2.75) is 30.3 Å². The molecule has 0 saturated carbocycles. The van der Waals surface area contributed by atoms with Crippen molar-refractivity contribution in [1.29, 1.82) is 5.26 Å². The molecular weight excluding hydrogens is 252 g/mol. The molecule has 0 saturated heterocycles. The first-order valence-electron chi connectivity index (χ1n) is 5.26. The molecule has 0 aliphatic carbocycles. The Balaban J connectivity index is 1.97. The van der Waals surface area contributed by atoms with Crippen molar-refractivity contribution in [3.8, 4) is 6.07 Å². The van der Waals surface area contributed by atoms with Crippen molar-refractivity contribution < 1.29 is 0 Å². The number of thiophene rings is 1. The summed E-state index contributed by atoms with van der Waals surface area (Å²) in [4.78, 5) is 1.35. The van der Waals surface area contributed by atoms with Crippen LogP contribution in [0.2, 0.25) is 0 Å². The smallest absolute Gasteiger partial charge is 0.192 e. The monoisotopic (exact) mass is 264 g/mol. The van der Waals surface area contributed by atoms with Gasteiger partial charge in [-0.1, -0.05) is 17.8 Å². The number of thioether (sulfide) groups is 1. The van der Waals surface area contributed by atoms with Crippen LogP contribution < -0.4 is 0 Å². The average molecular weight is 264 g/mol. The Morgan fingerprint density at radius 2 is 2.53 bits per heavy atom. The van der Waals surface area contributed by atoms with E-state index in [0.717, 1.165) is 18.1 Å². The molecule has 4 nitrogen and oxygen atoms in total. The van der Waals surface area contributed by atoms with Crippen LogP contribution in [-0.4, -0.2) is 20.0 Å². The first-order valence-corrected chi connectivity index (χ1v) is 7.02. The summed E-state index contributed by atoms with van der Waals surface area (Å²) in [6, 6.07) is 6.36. The lowest BCUT2D eigenvalue weighted by Crippen LogP contribution is -2.03. The summed E-state index contributed by atoms with van der Waals surface area (Å²) in [7, 11) is 0. The molecule has 2 aromatic heterocycles. The number of hydrogen-bond donors (Lipinski definition) is 0. The molecule has 6 heteroatoms. The van der Waals surface area contributed by atoms with E-state index in [2.05, 4.69) is 33.8 Å². The van der Waals surface area contributed by atoms with Crippen molar-refractivity contribution >= 4 is 23.1 Å². The first-order chi connectivity index (χ1) is 8.29. The summed E-state index contributed by atoms with van der Waals surface area (Å²) in [5, 5.41) is 19.5. The lowest BCUT2D eigenvalue weighted by atomic mass is 10.3. The maximum absolute atomic E-state index is 8.78. The fraction of sp³-hybridized carbons (Fsp3) is 0.364. The molecule has 17 heavy (non-hydrogen) atoms. The summed E-state index contributed by atoms with van der Waals surface area (Å²) in [6.07, 6.45) is 2.70. The Bertz CT molecular complexity index is 498. The normalized spacial score (nSPS) is 12.2. The Labute approximate surface area is 108 Å². The van der Waals surface area contributed by atoms with Crippen LogP contribution in [0.3, 0.4) is 0 Å². The van der Waals surface area contributed by atoms with Gasteiger partial charge < -0.3 is 4.57 Å². The zero-order valence-corrected chi connectivity index (χ0v) is 11.0. The van der Waals surface area contributed by atoms with Crippen LogP contribution in [-0.2, 0) is 13.0 Å². The fourth-order valence-electron chi connectivity index (χ4n) is 1.36. The van der Waals surface area contributed by atoms with Gasteiger partial charge in [-0.25, -0.2) is 0 Å². The van der Waals surface area contributed by atoms with Crippen molar-refractivity contribution in [2.75, 3.05) is 0 Å². The first kappa shape index (κ1) is 12.1. The molecule has 2 aromatic rings. The van der Waals surface area contributed by atoms with E-state index in [4.69, 9.17) is 5.26 Å². The minimum Gasteiger partial charge on any atom is -0.308 e. The van der Waals surface area contributed by atoms with Gasteiger partial charge in [-0.2, -0.15) is 5.26 Å². The van der Waals surface area contributed by atoms with E-state index in [1.807, 2.05) is 11.5 Å². The number of aryl methyl sites for hydroxylation is 2. The maximum atomic E-state index is 8.78. The second-order valence-corrected chi connectivity index (χ2v) is 5.87. The van der Waals surface area contributed by atoms with Gasteiger partial charge in [0, 0.05) is 11.4 Å². The molecule has 0 radical (unpaired) electrons. The van der Waals surface area contributed by atoms with Crippen molar-refractivity contribution in [3.63, 3.8) is 0 Å². The third-order valence-corrected chi connectivity index (χ3v) is 4.15. The Kier molecular flexibility index (Phi) is 4.18. The lowest BCUT2D eigenvalue weighted by Gasteiger charge is -2.05. The van der Waals surface area contributed by atoms with Gasteiger partial charge in [-0.3, -0.25) is 0 Å². The van der Waals surface area contributed by atoms with Crippen LogP contribution in [0.1, 0.15) is 11.8 Å². The average Bonchev–Trinajstić information content (AvgIpc) is 2.97. The molecule has 0 amide bonds. The maximum Gasteiger partial charge on any atom is 0.192 e. The predicted molar refractivity (Wildman–Crippen MR) is 69.0 cm³/mol. The van der Waals surface area contributed by atoms with E-state index in [1.165, 1.54) is 16.6 Å². The number of aromatic nitrogens is 3. The minimum absolute atomic E-state index is 0.0975. The van der Waals surface area contributed by atoms with E-state index >= 15 is 0 Å². The topological polar surface area (TPSA) is 54.5 Å². The fourth-order valence-corrected chi connectivity index (χ4v) is 2.79. The van der Waals surface area contributed by atoms with Crippen LogP contribution in [0.25, 0.3) is 0 Å². The molecule has 88 valence electrons. The highest BCUT2D eigenvalue weighted by Gasteiger charge is 2.09. The van der Waals surface area contributed by atoms with E-state index in [1.54, 1.807) is 17.7 Å². The Morgan fingerprint density at radius 1 is 1.65 bits per heavy atom. The second-order valence-electron chi connectivity index (χ2n) is 3.53. The highest BCUT2D eigenvalue weighted by molar-refractivity contribution is 8.00. The number of nitriles is 1. The van der Waals surface area contributed by atoms with E-state index in [0.29, 0.717) is 0 Å². The Hall–Kier alpha value is -1.32. The van der Waals surface area contributed by atoms with E-state index in [-0.39, 0.29) is 5.25 Å². The molecule has 2 rings (SSSR count). The molecule has 0 aliphatic heterocycles. The summed E-state index contributed by atoms with van der Waals surface area (Å²) in [5.74, 6) is 0. The molecule has 0 fully saturated rings. The SMILES string of the molecule is C[C@H](C#N)Sc1nncn1CCc1cccs1. The van der Waals surface area contributed by atoms with Crippen LogP contribution >= 0.6 is 23.1 Å². The molecule has 0 unspecified atom stereocenters. The number of rotatable bonds is 5. The highest BCUT2D eigenvalue weighted by Crippen LogP contribution is 2.20. The molecule has 0 N–H and O–H groups in total. The van der Waals surface area contributed by atoms with Crippen LogP contribution in [0.5, 0.6) is 0 Å². The summed E-state index contributed by atoms with van der Waals surface area (Å²) >= 11 is 3.20. The van der Waals surface area contributed by atoms with Gasteiger partial charge in [0.1, 0.15) is 6.33 Å². The van der Waals surface area contributed by atoms with E-state index < -0.39 is 0 Å². The van der Waals surface area contributed by atoms with Crippen molar-refractivity contribution in [3.05, 3.63) is 28.7 Å². The van der Waals surface area contributed by atoms with Gasteiger partial charge in [0.25, 0.3) is 0 Å². The zero-order valence-electron chi connectivity index (χ0n) is 9.41. The second kappa shape index (κ2) is 5.84. The largest absolute Gasteiger partial charge is 0.308 e. The molecule has 2 heterocycles.